The highest BCUT2D eigenvalue weighted by Crippen LogP contribution is 2.39. The number of thiophene rings is 1. The second-order valence-electron chi connectivity index (χ2n) is 7.09. The molecule has 0 spiro atoms. The van der Waals surface area contributed by atoms with Crippen LogP contribution >= 0.6 is 23.1 Å². The third kappa shape index (κ3) is 4.92. The third-order valence-electron chi connectivity index (χ3n) is 4.65. The van der Waals surface area contributed by atoms with Crippen LogP contribution in [0.15, 0.2) is 5.16 Å². The minimum atomic E-state index is -0.239. The molecule has 0 radical (unpaired) electrons. The summed E-state index contributed by atoms with van der Waals surface area (Å²) >= 11 is 2.88. The van der Waals surface area contributed by atoms with Gasteiger partial charge >= 0.3 is 5.97 Å². The number of anilines is 1. The van der Waals surface area contributed by atoms with E-state index in [1.54, 1.807) is 11.3 Å². The Kier molecular flexibility index (Phi) is 6.94. The van der Waals surface area contributed by atoms with Crippen molar-refractivity contribution in [3.63, 3.8) is 0 Å². The molecule has 6 nitrogen and oxygen atoms in total. The van der Waals surface area contributed by atoms with E-state index in [9.17, 15) is 4.79 Å². The van der Waals surface area contributed by atoms with Gasteiger partial charge in [0.15, 0.2) is 5.16 Å². The number of rotatable bonds is 8. The number of carbonyl (C=O) groups excluding carboxylic acids is 1. The Morgan fingerprint density at radius 1 is 1.41 bits per heavy atom. The van der Waals surface area contributed by atoms with E-state index in [1.165, 1.54) is 22.2 Å². The van der Waals surface area contributed by atoms with Crippen LogP contribution in [0.4, 0.5) is 5.82 Å². The zero-order valence-corrected chi connectivity index (χ0v) is 17.8. The van der Waals surface area contributed by atoms with Gasteiger partial charge < -0.3 is 15.2 Å². The summed E-state index contributed by atoms with van der Waals surface area (Å²) in [5.74, 6) is 0.895. The van der Waals surface area contributed by atoms with Gasteiger partial charge in [0.2, 0.25) is 0 Å². The Bertz CT molecular complexity index is 807. The SMILES string of the molecule is CCCCCOC(=O)CSc1nc(N)c2c3c(sc2n1)CO[C@@H](C(C)C)C3. The summed E-state index contributed by atoms with van der Waals surface area (Å²) in [4.78, 5) is 22.9. The maximum atomic E-state index is 11.8. The van der Waals surface area contributed by atoms with Crippen LogP contribution in [0.1, 0.15) is 50.5 Å². The van der Waals surface area contributed by atoms with E-state index in [2.05, 4.69) is 30.7 Å². The minimum absolute atomic E-state index is 0.195. The molecule has 1 atom stereocenters. The Morgan fingerprint density at radius 2 is 2.22 bits per heavy atom. The van der Waals surface area contributed by atoms with Crippen molar-refractivity contribution in [3.05, 3.63) is 10.4 Å². The van der Waals surface area contributed by atoms with Crippen molar-refractivity contribution in [2.75, 3.05) is 18.1 Å². The maximum absolute atomic E-state index is 11.8. The molecular weight excluding hydrogens is 382 g/mol. The fourth-order valence-corrected chi connectivity index (χ4v) is 4.92. The van der Waals surface area contributed by atoms with Crippen molar-refractivity contribution in [2.24, 2.45) is 5.92 Å². The first-order valence-electron chi connectivity index (χ1n) is 9.47. The van der Waals surface area contributed by atoms with Crippen molar-refractivity contribution >= 4 is 45.1 Å². The molecule has 1 aliphatic heterocycles. The average Bonchev–Trinajstić information content (AvgIpc) is 3.01. The number of aromatic nitrogens is 2. The van der Waals surface area contributed by atoms with E-state index in [4.69, 9.17) is 15.2 Å². The largest absolute Gasteiger partial charge is 0.465 e. The average molecular weight is 410 g/mol. The van der Waals surface area contributed by atoms with E-state index in [0.29, 0.717) is 30.1 Å². The molecule has 3 rings (SSSR count). The lowest BCUT2D eigenvalue weighted by Gasteiger charge is -2.26. The van der Waals surface area contributed by atoms with Gasteiger partial charge in [0, 0.05) is 11.3 Å². The smallest absolute Gasteiger partial charge is 0.316 e. The van der Waals surface area contributed by atoms with Crippen molar-refractivity contribution in [1.82, 2.24) is 9.97 Å². The Hall–Kier alpha value is -1.38. The van der Waals surface area contributed by atoms with Gasteiger partial charge in [-0.05, 0) is 17.9 Å². The van der Waals surface area contributed by atoms with Gasteiger partial charge in [-0.2, -0.15) is 0 Å². The number of unbranched alkanes of at least 4 members (excludes halogenated alkanes) is 2. The summed E-state index contributed by atoms with van der Waals surface area (Å²) < 4.78 is 11.2. The molecular formula is C19H27N3O3S2. The van der Waals surface area contributed by atoms with Crippen molar-refractivity contribution in [1.29, 1.82) is 0 Å². The van der Waals surface area contributed by atoms with Crippen molar-refractivity contribution < 1.29 is 14.3 Å². The number of nitrogen functional groups attached to an aromatic ring is 1. The van der Waals surface area contributed by atoms with Crippen molar-refractivity contribution in [2.45, 2.75) is 64.3 Å². The van der Waals surface area contributed by atoms with E-state index >= 15 is 0 Å². The monoisotopic (exact) mass is 409 g/mol. The van der Waals surface area contributed by atoms with Crippen LogP contribution in [0.2, 0.25) is 0 Å². The first kappa shape index (κ1) is 20.4. The van der Waals surface area contributed by atoms with Crippen LogP contribution in [0.25, 0.3) is 10.2 Å². The predicted octanol–water partition coefficient (Wildman–Crippen LogP) is 4.20. The first-order chi connectivity index (χ1) is 13.0. The molecule has 3 heterocycles. The molecule has 0 saturated carbocycles. The van der Waals surface area contributed by atoms with Gasteiger partial charge in [-0.15, -0.1) is 11.3 Å². The summed E-state index contributed by atoms with van der Waals surface area (Å²) in [5, 5.41) is 1.47. The summed E-state index contributed by atoms with van der Waals surface area (Å²) in [6, 6.07) is 0. The number of thioether (sulfide) groups is 1. The lowest BCUT2D eigenvalue weighted by atomic mass is 9.96. The molecule has 1 aliphatic rings. The van der Waals surface area contributed by atoms with Crippen LogP contribution in [0.5, 0.6) is 0 Å². The van der Waals surface area contributed by atoms with Gasteiger partial charge in [0.1, 0.15) is 10.6 Å². The quantitative estimate of drug-likeness (QED) is 0.303. The van der Waals surface area contributed by atoms with E-state index in [-0.39, 0.29) is 17.8 Å². The molecule has 0 aliphatic carbocycles. The lowest BCUT2D eigenvalue weighted by Crippen LogP contribution is -2.26. The lowest BCUT2D eigenvalue weighted by molar-refractivity contribution is -0.140. The highest BCUT2D eigenvalue weighted by Gasteiger charge is 2.27. The minimum Gasteiger partial charge on any atom is -0.465 e. The number of ether oxygens (including phenoxy) is 2. The topological polar surface area (TPSA) is 87.3 Å². The second kappa shape index (κ2) is 9.21. The number of fused-ring (bicyclic) bond motifs is 3. The molecule has 8 heteroatoms. The number of nitrogens with zero attached hydrogens (tertiary/aromatic N) is 2. The number of nitrogens with two attached hydrogens (primary N) is 1. The predicted molar refractivity (Wildman–Crippen MR) is 110 cm³/mol. The number of hydrogen-bond acceptors (Lipinski definition) is 8. The molecule has 2 aromatic rings. The summed E-state index contributed by atoms with van der Waals surface area (Å²) in [6.07, 6.45) is 4.12. The van der Waals surface area contributed by atoms with Gasteiger partial charge in [-0.3, -0.25) is 4.79 Å². The number of esters is 1. The molecule has 0 saturated heterocycles. The van der Waals surface area contributed by atoms with Gasteiger partial charge in [-0.1, -0.05) is 45.4 Å². The van der Waals surface area contributed by atoms with E-state index in [0.717, 1.165) is 35.9 Å². The third-order valence-corrected chi connectivity index (χ3v) is 6.57. The Morgan fingerprint density at radius 3 is 2.96 bits per heavy atom. The maximum Gasteiger partial charge on any atom is 0.316 e. The molecule has 2 aromatic heterocycles. The van der Waals surface area contributed by atoms with Crippen LogP contribution in [-0.4, -0.2) is 34.4 Å². The Labute approximate surface area is 168 Å². The fourth-order valence-electron chi connectivity index (χ4n) is 3.08. The van der Waals surface area contributed by atoms with Gasteiger partial charge in [-0.25, -0.2) is 9.97 Å². The highest BCUT2D eigenvalue weighted by atomic mass is 32.2. The van der Waals surface area contributed by atoms with Crippen molar-refractivity contribution in [3.8, 4) is 0 Å². The zero-order valence-electron chi connectivity index (χ0n) is 16.1. The molecule has 0 aromatic carbocycles. The standard InChI is InChI=1S/C19H27N3O3S2/c1-4-5-6-7-24-15(23)10-26-19-21-17(20)16-12-8-13(11(2)3)25-9-14(12)27-18(16)22-19/h11,13H,4-10H2,1-3H3,(H2,20,21,22)/t13-/m1/s1. The summed E-state index contributed by atoms with van der Waals surface area (Å²) in [7, 11) is 0. The highest BCUT2D eigenvalue weighted by molar-refractivity contribution is 7.99. The van der Waals surface area contributed by atoms with Crippen LogP contribution in [-0.2, 0) is 27.3 Å². The van der Waals surface area contributed by atoms with Gasteiger partial charge in [0.05, 0.1) is 30.5 Å². The van der Waals surface area contributed by atoms with E-state index in [1.807, 2.05) is 0 Å². The molecule has 0 bridgehead atoms. The van der Waals surface area contributed by atoms with Gasteiger partial charge in [0.25, 0.3) is 0 Å². The van der Waals surface area contributed by atoms with Crippen LogP contribution < -0.4 is 5.73 Å². The van der Waals surface area contributed by atoms with E-state index < -0.39 is 0 Å². The first-order valence-corrected chi connectivity index (χ1v) is 11.3. The zero-order chi connectivity index (χ0) is 19.4. The van der Waals surface area contributed by atoms with Crippen LogP contribution in [0.3, 0.4) is 0 Å². The fraction of sp³-hybridized carbons (Fsp3) is 0.632. The molecule has 2 N–H and O–H groups in total. The summed E-state index contributed by atoms with van der Waals surface area (Å²) in [5.41, 5.74) is 7.48. The normalized spacial score (nSPS) is 16.7. The number of hydrogen-bond donors (Lipinski definition) is 1. The molecule has 0 amide bonds. The molecule has 0 unspecified atom stereocenters. The second-order valence-corrected chi connectivity index (χ2v) is 9.12. The molecule has 0 fully saturated rings. The Balaban J connectivity index is 1.68. The van der Waals surface area contributed by atoms with Crippen LogP contribution in [0, 0.1) is 5.92 Å². The molecule has 148 valence electrons. The number of carbonyl (C=O) groups is 1. The summed E-state index contributed by atoms with van der Waals surface area (Å²) in [6.45, 7) is 7.53. The molecule has 27 heavy (non-hydrogen) atoms.